The first kappa shape index (κ1) is 35.1. The number of carbonyl (C=O) groups excluding carboxylic acids is 1. The molecule has 2 unspecified atom stereocenters. The molecular formula is C31H35F6N5O3S. The summed E-state index contributed by atoms with van der Waals surface area (Å²) >= 11 is 1.58. The Morgan fingerprint density at radius 2 is 1.65 bits per heavy atom. The molecule has 250 valence electrons. The minimum atomic E-state index is -5.02. The molecule has 46 heavy (non-hydrogen) atoms. The molecule has 0 saturated heterocycles. The standard InChI is InChI=1S/C31H35F6N5O3S/c1-6-23-14-26(25-10-18(3)40-19(4)27(25)42(23)29(43)44-7-2)41(28-38-15-24(16-39-28)45-8-9-46-5)17-20-11-21(30(32,33)34)13-22(12-20)31(35,36)37/h10-13,15-16,23,26H,6-9,14,17H2,1-5H3. The fourth-order valence-electron chi connectivity index (χ4n) is 5.57. The number of nitrogens with zero attached hydrogens (tertiary/aromatic N) is 5. The molecule has 3 heterocycles. The second-order valence-electron chi connectivity index (χ2n) is 10.8. The third-order valence-corrected chi connectivity index (χ3v) is 8.10. The Labute approximate surface area is 267 Å². The lowest BCUT2D eigenvalue weighted by atomic mass is 9.88. The number of benzene rings is 1. The molecular weight excluding hydrogens is 636 g/mol. The van der Waals surface area contributed by atoms with Crippen LogP contribution >= 0.6 is 11.8 Å². The van der Waals surface area contributed by atoms with Gasteiger partial charge in [0.15, 0.2) is 5.75 Å². The van der Waals surface area contributed by atoms with Crippen molar-refractivity contribution in [2.45, 2.75) is 71.5 Å². The zero-order valence-electron chi connectivity index (χ0n) is 26.0. The van der Waals surface area contributed by atoms with E-state index in [2.05, 4.69) is 15.0 Å². The van der Waals surface area contributed by atoms with E-state index in [0.717, 1.165) is 0 Å². The summed E-state index contributed by atoms with van der Waals surface area (Å²) in [6.45, 7) is 7.17. The summed E-state index contributed by atoms with van der Waals surface area (Å²) in [5, 5.41) is 0. The quantitative estimate of drug-likeness (QED) is 0.158. The lowest BCUT2D eigenvalue weighted by Gasteiger charge is -2.44. The first-order chi connectivity index (χ1) is 21.7. The van der Waals surface area contributed by atoms with Crippen LogP contribution in [0.5, 0.6) is 5.75 Å². The summed E-state index contributed by atoms with van der Waals surface area (Å²) in [4.78, 5) is 29.8. The van der Waals surface area contributed by atoms with Crippen molar-refractivity contribution < 1.29 is 40.6 Å². The number of amides is 1. The van der Waals surface area contributed by atoms with Gasteiger partial charge in [0.05, 0.1) is 54.2 Å². The number of halogens is 6. The van der Waals surface area contributed by atoms with Crippen LogP contribution in [0.4, 0.5) is 42.8 Å². The zero-order valence-corrected chi connectivity index (χ0v) is 26.8. The van der Waals surface area contributed by atoms with Gasteiger partial charge in [0, 0.05) is 29.6 Å². The van der Waals surface area contributed by atoms with Gasteiger partial charge in [-0.2, -0.15) is 38.1 Å². The number of aryl methyl sites for hydroxylation is 2. The average molecular weight is 672 g/mol. The Kier molecular flexibility index (Phi) is 11.0. The summed E-state index contributed by atoms with van der Waals surface area (Å²) in [5.74, 6) is 1.13. The van der Waals surface area contributed by atoms with Crippen molar-refractivity contribution in [3.05, 3.63) is 70.3 Å². The lowest BCUT2D eigenvalue weighted by Crippen LogP contribution is -2.48. The van der Waals surface area contributed by atoms with Crippen molar-refractivity contribution in [1.82, 2.24) is 15.0 Å². The summed E-state index contributed by atoms with van der Waals surface area (Å²) in [7, 11) is 0. The minimum Gasteiger partial charge on any atom is -0.489 e. The van der Waals surface area contributed by atoms with Crippen molar-refractivity contribution in [3.63, 3.8) is 0 Å². The SMILES string of the molecule is CCOC(=O)N1c2c(cc(C)nc2C)C(N(Cc2cc(C(F)(F)F)cc(C(F)(F)F)c2)c2ncc(OCCSC)cn2)CC1CC. The molecule has 3 aromatic rings. The molecule has 0 fully saturated rings. The maximum Gasteiger partial charge on any atom is 0.416 e. The molecule has 0 aliphatic carbocycles. The number of thioether (sulfide) groups is 1. The van der Waals surface area contributed by atoms with Crippen LogP contribution in [0.25, 0.3) is 0 Å². The van der Waals surface area contributed by atoms with Gasteiger partial charge in [-0.1, -0.05) is 6.92 Å². The number of aromatic nitrogens is 3. The molecule has 2 atom stereocenters. The second kappa shape index (κ2) is 14.3. The number of alkyl halides is 6. The number of ether oxygens (including phenoxy) is 2. The Bertz CT molecular complexity index is 1490. The van der Waals surface area contributed by atoms with Gasteiger partial charge in [-0.05, 0) is 69.7 Å². The molecule has 8 nitrogen and oxygen atoms in total. The molecule has 0 N–H and O–H groups in total. The van der Waals surface area contributed by atoms with Crippen molar-refractivity contribution in [3.8, 4) is 5.75 Å². The van der Waals surface area contributed by atoms with E-state index in [9.17, 15) is 31.1 Å². The predicted molar refractivity (Wildman–Crippen MR) is 163 cm³/mol. The van der Waals surface area contributed by atoms with Crippen LogP contribution < -0.4 is 14.5 Å². The van der Waals surface area contributed by atoms with Crippen molar-refractivity contribution in [2.75, 3.05) is 35.0 Å². The van der Waals surface area contributed by atoms with Crippen LogP contribution in [0.15, 0.2) is 36.7 Å². The number of hydrogen-bond donors (Lipinski definition) is 0. The first-order valence-electron chi connectivity index (χ1n) is 14.6. The van der Waals surface area contributed by atoms with Gasteiger partial charge < -0.3 is 14.4 Å². The molecule has 1 aromatic carbocycles. The average Bonchev–Trinajstić information content (AvgIpc) is 2.99. The topological polar surface area (TPSA) is 80.7 Å². The van der Waals surface area contributed by atoms with Gasteiger partial charge in [0.25, 0.3) is 0 Å². The molecule has 1 amide bonds. The van der Waals surface area contributed by atoms with E-state index in [-0.39, 0.29) is 30.6 Å². The van der Waals surface area contributed by atoms with Crippen LogP contribution in [0, 0.1) is 13.8 Å². The van der Waals surface area contributed by atoms with E-state index in [1.54, 1.807) is 43.5 Å². The highest BCUT2D eigenvalue weighted by atomic mass is 32.2. The van der Waals surface area contributed by atoms with Crippen LogP contribution in [-0.4, -0.2) is 52.3 Å². The van der Waals surface area contributed by atoms with E-state index >= 15 is 0 Å². The monoisotopic (exact) mass is 671 g/mol. The molecule has 1 aliphatic heterocycles. The highest BCUT2D eigenvalue weighted by Gasteiger charge is 2.42. The van der Waals surface area contributed by atoms with Gasteiger partial charge in [-0.25, -0.2) is 14.8 Å². The van der Waals surface area contributed by atoms with Crippen molar-refractivity contribution in [1.29, 1.82) is 0 Å². The third kappa shape index (κ3) is 7.96. The summed E-state index contributed by atoms with van der Waals surface area (Å²) in [6.07, 6.45) is -5.13. The number of hydrogen-bond acceptors (Lipinski definition) is 8. The van der Waals surface area contributed by atoms with Gasteiger partial charge >= 0.3 is 18.4 Å². The maximum atomic E-state index is 13.8. The van der Waals surface area contributed by atoms with Crippen LogP contribution in [0.3, 0.4) is 0 Å². The van der Waals surface area contributed by atoms with E-state index in [4.69, 9.17) is 9.47 Å². The Morgan fingerprint density at radius 1 is 1.02 bits per heavy atom. The fourth-order valence-corrected chi connectivity index (χ4v) is 5.82. The van der Waals surface area contributed by atoms with E-state index < -0.39 is 48.2 Å². The zero-order chi connectivity index (χ0) is 33.8. The van der Waals surface area contributed by atoms with Crippen LogP contribution in [-0.2, 0) is 23.6 Å². The maximum absolute atomic E-state index is 13.8. The van der Waals surface area contributed by atoms with E-state index in [1.165, 1.54) is 17.3 Å². The normalized spacial score (nSPS) is 16.6. The molecule has 0 radical (unpaired) electrons. The number of carbonyl (C=O) groups is 1. The number of rotatable bonds is 10. The number of fused-ring (bicyclic) bond motifs is 1. The Balaban J connectivity index is 1.90. The molecule has 0 spiro atoms. The van der Waals surface area contributed by atoms with Crippen molar-refractivity contribution in [2.24, 2.45) is 0 Å². The number of pyridine rings is 1. The molecule has 15 heteroatoms. The van der Waals surface area contributed by atoms with Gasteiger partial charge in [0.1, 0.15) is 0 Å². The van der Waals surface area contributed by atoms with Crippen molar-refractivity contribution >= 4 is 29.5 Å². The third-order valence-electron chi connectivity index (χ3n) is 7.52. The van der Waals surface area contributed by atoms with Gasteiger partial charge in [0.2, 0.25) is 5.95 Å². The van der Waals surface area contributed by atoms with Gasteiger partial charge in [-0.15, -0.1) is 0 Å². The highest BCUT2D eigenvalue weighted by Crippen LogP contribution is 2.45. The highest BCUT2D eigenvalue weighted by molar-refractivity contribution is 7.98. The first-order valence-corrected chi connectivity index (χ1v) is 16.0. The van der Waals surface area contributed by atoms with E-state index in [0.29, 0.717) is 59.3 Å². The minimum absolute atomic E-state index is 0.0608. The smallest absolute Gasteiger partial charge is 0.416 e. The van der Waals surface area contributed by atoms with E-state index in [1.807, 2.05) is 13.2 Å². The largest absolute Gasteiger partial charge is 0.489 e. The fraction of sp³-hybridized carbons (Fsp3) is 0.484. The van der Waals surface area contributed by atoms with Gasteiger partial charge in [-0.3, -0.25) is 9.88 Å². The number of anilines is 2. The van der Waals surface area contributed by atoms with Crippen LogP contribution in [0.1, 0.15) is 66.4 Å². The summed E-state index contributed by atoms with van der Waals surface area (Å²) < 4.78 is 93.9. The Morgan fingerprint density at radius 3 is 2.20 bits per heavy atom. The molecule has 0 saturated carbocycles. The predicted octanol–water partition coefficient (Wildman–Crippen LogP) is 8.16. The summed E-state index contributed by atoms with van der Waals surface area (Å²) in [5.41, 5.74) is -0.897. The molecule has 0 bridgehead atoms. The Hall–Kier alpha value is -3.75. The lowest BCUT2D eigenvalue weighted by molar-refractivity contribution is -0.143. The molecule has 4 rings (SSSR count). The molecule has 1 aliphatic rings. The second-order valence-corrected chi connectivity index (χ2v) is 11.8. The van der Waals surface area contributed by atoms with Crippen LogP contribution in [0.2, 0.25) is 0 Å². The molecule has 2 aromatic heterocycles. The summed E-state index contributed by atoms with van der Waals surface area (Å²) in [6, 6.07) is 2.16.